The van der Waals surface area contributed by atoms with Crippen molar-refractivity contribution in [2.75, 3.05) is 31.5 Å². The van der Waals surface area contributed by atoms with E-state index in [1.54, 1.807) is 28.6 Å². The molecule has 2 aliphatic heterocycles. The fourth-order valence-electron chi connectivity index (χ4n) is 4.52. The lowest BCUT2D eigenvalue weighted by Crippen LogP contribution is -2.35. The number of rotatable bonds is 6. The van der Waals surface area contributed by atoms with E-state index >= 15 is 0 Å². The van der Waals surface area contributed by atoms with Gasteiger partial charge < -0.3 is 9.88 Å². The zero-order valence-corrected chi connectivity index (χ0v) is 18.3. The molecule has 1 N–H and O–H groups in total. The fourth-order valence-corrected chi connectivity index (χ4v) is 6.04. The largest absolute Gasteiger partial charge is 0.353 e. The zero-order chi connectivity index (χ0) is 21.1. The third-order valence-electron chi connectivity index (χ3n) is 6.13. The summed E-state index contributed by atoms with van der Waals surface area (Å²) in [5.74, 6) is -0.0808. The molecule has 0 radical (unpaired) electrons. The molecule has 4 rings (SSSR count). The van der Waals surface area contributed by atoms with E-state index < -0.39 is 10.0 Å². The maximum Gasteiger partial charge on any atom is 0.243 e. The molecule has 30 heavy (non-hydrogen) atoms. The molecular weight excluding hydrogens is 400 g/mol. The number of carbonyl (C=O) groups excluding carboxylic acids is 1. The summed E-state index contributed by atoms with van der Waals surface area (Å²) in [6.07, 6.45) is 7.06. The van der Waals surface area contributed by atoms with Crippen LogP contribution in [0.3, 0.4) is 0 Å². The van der Waals surface area contributed by atoms with Crippen molar-refractivity contribution in [3.8, 4) is 0 Å². The number of nitrogens with zero attached hydrogens (tertiary/aromatic N) is 3. The van der Waals surface area contributed by atoms with Gasteiger partial charge in [0.2, 0.25) is 15.9 Å². The number of aryl methyl sites for hydroxylation is 1. The first-order valence-electron chi connectivity index (χ1n) is 10.7. The van der Waals surface area contributed by atoms with Crippen LogP contribution >= 0.6 is 0 Å². The quantitative estimate of drug-likeness (QED) is 0.765. The molecule has 2 aromatic rings. The van der Waals surface area contributed by atoms with Gasteiger partial charge >= 0.3 is 0 Å². The Hall–Kier alpha value is -2.16. The van der Waals surface area contributed by atoms with E-state index in [-0.39, 0.29) is 16.8 Å². The van der Waals surface area contributed by atoms with Gasteiger partial charge in [-0.1, -0.05) is 6.42 Å². The highest BCUT2D eigenvalue weighted by Crippen LogP contribution is 2.31. The number of aromatic nitrogens is 1. The minimum absolute atomic E-state index is 0.0808. The Balaban J connectivity index is 1.37. The average molecular weight is 431 g/mol. The molecule has 2 aliphatic rings. The minimum atomic E-state index is -3.45. The Morgan fingerprint density at radius 1 is 1.03 bits per heavy atom. The number of anilines is 1. The Morgan fingerprint density at radius 3 is 2.43 bits per heavy atom. The molecule has 1 atom stereocenters. The number of hydrogen-bond acceptors (Lipinski definition) is 4. The van der Waals surface area contributed by atoms with Crippen molar-refractivity contribution in [2.24, 2.45) is 7.05 Å². The van der Waals surface area contributed by atoms with Crippen molar-refractivity contribution in [2.45, 2.75) is 43.0 Å². The van der Waals surface area contributed by atoms with Gasteiger partial charge in [0.15, 0.2) is 0 Å². The molecule has 2 fully saturated rings. The number of sulfonamides is 1. The number of piperidine rings is 1. The second kappa shape index (κ2) is 8.91. The summed E-state index contributed by atoms with van der Waals surface area (Å²) >= 11 is 0. The SMILES string of the molecule is Cn1cccc1[C@H]1CCCN1CC(=O)Nc1ccc(S(=O)(=O)N2CCCCC2)cc1. The van der Waals surface area contributed by atoms with E-state index in [1.807, 2.05) is 19.3 Å². The molecule has 1 aromatic carbocycles. The lowest BCUT2D eigenvalue weighted by Gasteiger charge is -2.26. The van der Waals surface area contributed by atoms with Crippen molar-refractivity contribution in [1.82, 2.24) is 13.8 Å². The Morgan fingerprint density at radius 2 is 1.77 bits per heavy atom. The maximum absolute atomic E-state index is 12.8. The first kappa shape index (κ1) is 21.1. The molecule has 1 amide bonds. The van der Waals surface area contributed by atoms with Gasteiger partial charge in [-0.15, -0.1) is 0 Å². The summed E-state index contributed by atoms with van der Waals surface area (Å²) in [5.41, 5.74) is 1.85. The van der Waals surface area contributed by atoms with Gasteiger partial charge in [-0.2, -0.15) is 4.31 Å². The maximum atomic E-state index is 12.8. The molecule has 0 aliphatic carbocycles. The van der Waals surface area contributed by atoms with Crippen LogP contribution in [-0.2, 0) is 21.9 Å². The highest BCUT2D eigenvalue weighted by molar-refractivity contribution is 7.89. The number of nitrogens with one attached hydrogen (secondary N) is 1. The first-order chi connectivity index (χ1) is 14.4. The molecule has 2 saturated heterocycles. The molecule has 0 bridgehead atoms. The molecular formula is C22H30N4O3S. The molecule has 1 aromatic heterocycles. The highest BCUT2D eigenvalue weighted by Gasteiger charge is 2.29. The van der Waals surface area contributed by atoms with Gasteiger partial charge in [-0.3, -0.25) is 9.69 Å². The van der Waals surface area contributed by atoms with Crippen LogP contribution in [0.4, 0.5) is 5.69 Å². The molecule has 8 heteroatoms. The first-order valence-corrected chi connectivity index (χ1v) is 12.1. The summed E-state index contributed by atoms with van der Waals surface area (Å²) in [5, 5.41) is 2.91. The van der Waals surface area contributed by atoms with E-state index in [1.165, 1.54) is 5.69 Å². The van der Waals surface area contributed by atoms with Gasteiger partial charge in [0.25, 0.3) is 0 Å². The van der Waals surface area contributed by atoms with E-state index in [0.717, 1.165) is 38.6 Å². The van der Waals surface area contributed by atoms with E-state index in [9.17, 15) is 13.2 Å². The standard InChI is InChI=1S/C22H30N4O3S/c1-24-13-5-7-20(24)21-8-6-14-25(21)17-22(27)23-18-9-11-19(12-10-18)30(28,29)26-15-3-2-4-16-26/h5,7,9-13,21H,2-4,6,8,14-17H2,1H3,(H,23,27)/t21-/m1/s1. The van der Waals surface area contributed by atoms with Crippen molar-refractivity contribution < 1.29 is 13.2 Å². The summed E-state index contributed by atoms with van der Waals surface area (Å²) in [6.45, 7) is 2.39. The van der Waals surface area contributed by atoms with Crippen LogP contribution in [-0.4, -0.2) is 54.3 Å². The number of benzene rings is 1. The van der Waals surface area contributed by atoms with Crippen molar-refractivity contribution in [3.05, 3.63) is 48.3 Å². The number of amides is 1. The Bertz CT molecular complexity index is 978. The lowest BCUT2D eigenvalue weighted by molar-refractivity contribution is -0.117. The monoisotopic (exact) mass is 430 g/mol. The van der Waals surface area contributed by atoms with Crippen LogP contribution in [0.1, 0.15) is 43.8 Å². The molecule has 3 heterocycles. The molecule has 0 spiro atoms. The molecule has 7 nitrogen and oxygen atoms in total. The third-order valence-corrected chi connectivity index (χ3v) is 8.04. The van der Waals surface area contributed by atoms with Gasteiger partial charge in [-0.25, -0.2) is 8.42 Å². The third kappa shape index (κ3) is 4.45. The van der Waals surface area contributed by atoms with E-state index in [2.05, 4.69) is 20.9 Å². The summed E-state index contributed by atoms with van der Waals surface area (Å²) in [4.78, 5) is 15.1. The van der Waals surface area contributed by atoms with Crippen LogP contribution < -0.4 is 5.32 Å². The number of hydrogen-bond donors (Lipinski definition) is 1. The van der Waals surface area contributed by atoms with Crippen molar-refractivity contribution in [3.63, 3.8) is 0 Å². The molecule has 0 unspecified atom stereocenters. The van der Waals surface area contributed by atoms with Crippen molar-refractivity contribution in [1.29, 1.82) is 0 Å². The lowest BCUT2D eigenvalue weighted by atomic mass is 10.1. The van der Waals surface area contributed by atoms with Crippen LogP contribution in [0.25, 0.3) is 0 Å². The Kier molecular flexibility index (Phi) is 6.26. The van der Waals surface area contributed by atoms with Crippen LogP contribution in [0, 0.1) is 0 Å². The average Bonchev–Trinajstić information content (AvgIpc) is 3.37. The van der Waals surface area contributed by atoms with Crippen molar-refractivity contribution >= 4 is 21.6 Å². The topological polar surface area (TPSA) is 74.6 Å². The summed E-state index contributed by atoms with van der Waals surface area (Å²) in [7, 11) is -1.42. The minimum Gasteiger partial charge on any atom is -0.353 e. The normalized spacial score (nSPS) is 21.0. The summed E-state index contributed by atoms with van der Waals surface area (Å²) < 4.78 is 29.2. The van der Waals surface area contributed by atoms with E-state index in [0.29, 0.717) is 25.3 Å². The van der Waals surface area contributed by atoms with E-state index in [4.69, 9.17) is 0 Å². The number of carbonyl (C=O) groups is 1. The molecule has 0 saturated carbocycles. The molecule has 162 valence electrons. The second-order valence-electron chi connectivity index (χ2n) is 8.21. The van der Waals surface area contributed by atoms with Crippen LogP contribution in [0.2, 0.25) is 0 Å². The second-order valence-corrected chi connectivity index (χ2v) is 10.1. The predicted octanol–water partition coefficient (Wildman–Crippen LogP) is 2.98. The highest BCUT2D eigenvalue weighted by atomic mass is 32.2. The van der Waals surface area contributed by atoms with Gasteiger partial charge in [0.1, 0.15) is 0 Å². The van der Waals surface area contributed by atoms with Crippen LogP contribution in [0.5, 0.6) is 0 Å². The summed E-state index contributed by atoms with van der Waals surface area (Å²) in [6, 6.07) is 10.9. The Labute approximate surface area is 178 Å². The smallest absolute Gasteiger partial charge is 0.243 e. The van der Waals surface area contributed by atoms with Gasteiger partial charge in [0, 0.05) is 37.7 Å². The van der Waals surface area contributed by atoms with Crippen LogP contribution in [0.15, 0.2) is 47.5 Å². The predicted molar refractivity (Wildman–Crippen MR) is 117 cm³/mol. The number of likely N-dealkylation sites (tertiary alicyclic amines) is 1. The van der Waals surface area contributed by atoms with Gasteiger partial charge in [-0.05, 0) is 68.6 Å². The zero-order valence-electron chi connectivity index (χ0n) is 17.5. The fraction of sp³-hybridized carbons (Fsp3) is 0.500. The van der Waals surface area contributed by atoms with Gasteiger partial charge in [0.05, 0.1) is 17.5 Å².